The molecule has 0 aliphatic carbocycles. The summed E-state index contributed by atoms with van der Waals surface area (Å²) in [5.41, 5.74) is -1.32. The Labute approximate surface area is 150 Å². The zero-order valence-electron chi connectivity index (χ0n) is 13.8. The molecule has 27 heavy (non-hydrogen) atoms. The number of benzene rings is 2. The first-order chi connectivity index (χ1) is 12.8. The van der Waals surface area contributed by atoms with E-state index < -0.39 is 23.5 Å². The van der Waals surface area contributed by atoms with Crippen molar-refractivity contribution < 1.29 is 22.4 Å². The second-order valence-electron chi connectivity index (χ2n) is 5.74. The standard InChI is InChI=1S/C18H13F4N3O2/c19-14-6-5-11(9-13(14)18(20,21)22)24-17(27)7-8-25-15-4-2-1-3-12(15)16(26)10-23-25/h1-6,9-10H,7-8H2,(H,24,27). The van der Waals surface area contributed by atoms with E-state index in [4.69, 9.17) is 0 Å². The van der Waals surface area contributed by atoms with Crippen LogP contribution in [0.1, 0.15) is 12.0 Å². The maximum atomic E-state index is 13.3. The van der Waals surface area contributed by atoms with Gasteiger partial charge < -0.3 is 5.32 Å². The number of hydrogen-bond acceptors (Lipinski definition) is 3. The predicted octanol–water partition coefficient (Wildman–Crippen LogP) is 3.58. The lowest BCUT2D eigenvalue weighted by Crippen LogP contribution is -2.18. The van der Waals surface area contributed by atoms with Gasteiger partial charge in [-0.15, -0.1) is 0 Å². The Bertz CT molecular complexity index is 1060. The number of carbonyl (C=O) groups excluding carboxylic acids is 1. The van der Waals surface area contributed by atoms with Crippen LogP contribution >= 0.6 is 0 Å². The number of aromatic nitrogens is 2. The lowest BCUT2D eigenvalue weighted by Gasteiger charge is -2.12. The molecule has 1 amide bonds. The fourth-order valence-corrected chi connectivity index (χ4v) is 2.59. The van der Waals surface area contributed by atoms with Crippen molar-refractivity contribution in [2.45, 2.75) is 19.1 Å². The Morgan fingerprint density at radius 2 is 1.89 bits per heavy atom. The van der Waals surface area contributed by atoms with Crippen molar-refractivity contribution in [3.8, 4) is 0 Å². The number of halogens is 4. The molecular formula is C18H13F4N3O2. The monoisotopic (exact) mass is 379 g/mol. The van der Waals surface area contributed by atoms with Crippen LogP contribution in [0.5, 0.6) is 0 Å². The minimum atomic E-state index is -4.86. The molecule has 0 fully saturated rings. The van der Waals surface area contributed by atoms with Crippen LogP contribution in [0.4, 0.5) is 23.2 Å². The summed E-state index contributed by atoms with van der Waals surface area (Å²) >= 11 is 0. The number of fused-ring (bicyclic) bond motifs is 1. The number of alkyl halides is 3. The van der Waals surface area contributed by atoms with E-state index in [1.54, 1.807) is 24.3 Å². The summed E-state index contributed by atoms with van der Waals surface area (Å²) in [6, 6.07) is 8.97. The van der Waals surface area contributed by atoms with Crippen molar-refractivity contribution in [1.29, 1.82) is 0 Å². The van der Waals surface area contributed by atoms with Crippen molar-refractivity contribution in [2.24, 2.45) is 0 Å². The SMILES string of the molecule is O=C(CCn1ncc(=O)c2ccccc21)Nc1ccc(F)c(C(F)(F)F)c1. The first-order valence-electron chi connectivity index (χ1n) is 7.87. The number of anilines is 1. The number of hydrogen-bond donors (Lipinski definition) is 1. The number of nitrogens with zero attached hydrogens (tertiary/aromatic N) is 2. The lowest BCUT2D eigenvalue weighted by atomic mass is 10.1. The molecule has 2 aromatic carbocycles. The van der Waals surface area contributed by atoms with Crippen LogP contribution in [0, 0.1) is 5.82 Å². The summed E-state index contributed by atoms with van der Waals surface area (Å²) in [4.78, 5) is 23.8. The third kappa shape index (κ3) is 4.13. The van der Waals surface area contributed by atoms with Gasteiger partial charge >= 0.3 is 6.18 Å². The van der Waals surface area contributed by atoms with Crippen LogP contribution < -0.4 is 10.7 Å². The molecule has 5 nitrogen and oxygen atoms in total. The first kappa shape index (κ1) is 18.6. The van der Waals surface area contributed by atoms with E-state index >= 15 is 0 Å². The number of carbonyl (C=O) groups is 1. The fraction of sp³-hybridized carbons (Fsp3) is 0.167. The van der Waals surface area contributed by atoms with E-state index in [9.17, 15) is 27.2 Å². The Hall–Kier alpha value is -3.23. The highest BCUT2D eigenvalue weighted by Crippen LogP contribution is 2.33. The minimum Gasteiger partial charge on any atom is -0.326 e. The Morgan fingerprint density at radius 1 is 1.15 bits per heavy atom. The molecule has 0 aliphatic rings. The summed E-state index contributed by atoms with van der Waals surface area (Å²) in [7, 11) is 0. The van der Waals surface area contributed by atoms with Crippen molar-refractivity contribution in [3.63, 3.8) is 0 Å². The van der Waals surface area contributed by atoms with E-state index in [0.717, 1.165) is 12.3 Å². The molecule has 3 aromatic rings. The van der Waals surface area contributed by atoms with Crippen LogP contribution in [0.15, 0.2) is 53.5 Å². The molecule has 3 rings (SSSR count). The summed E-state index contributed by atoms with van der Waals surface area (Å²) in [6.07, 6.45) is -3.82. The average Bonchev–Trinajstić information content (AvgIpc) is 2.62. The van der Waals surface area contributed by atoms with Crippen molar-refractivity contribution in [1.82, 2.24) is 9.78 Å². The highest BCUT2D eigenvalue weighted by atomic mass is 19.4. The Balaban J connectivity index is 1.73. The maximum absolute atomic E-state index is 13.3. The van der Waals surface area contributed by atoms with Gasteiger partial charge in [-0.1, -0.05) is 12.1 Å². The first-order valence-corrected chi connectivity index (χ1v) is 7.87. The van der Waals surface area contributed by atoms with Crippen LogP contribution in [-0.4, -0.2) is 15.7 Å². The summed E-state index contributed by atoms with van der Waals surface area (Å²) in [5.74, 6) is -1.98. The van der Waals surface area contributed by atoms with Gasteiger partial charge in [0.15, 0.2) is 0 Å². The van der Waals surface area contributed by atoms with Crippen LogP contribution in [0.25, 0.3) is 10.9 Å². The predicted molar refractivity (Wildman–Crippen MR) is 90.7 cm³/mol. The minimum absolute atomic E-state index is 0.0986. The molecule has 0 unspecified atom stereocenters. The molecule has 140 valence electrons. The zero-order chi connectivity index (χ0) is 19.6. The van der Waals surface area contributed by atoms with Gasteiger partial charge in [0.25, 0.3) is 0 Å². The van der Waals surface area contributed by atoms with Gasteiger partial charge in [-0.3, -0.25) is 14.3 Å². The normalized spacial score (nSPS) is 11.6. The second kappa shape index (κ2) is 7.18. The molecule has 0 atom stereocenters. The third-order valence-electron chi connectivity index (χ3n) is 3.87. The van der Waals surface area contributed by atoms with Gasteiger partial charge in [0.1, 0.15) is 5.82 Å². The molecule has 0 saturated carbocycles. The molecule has 9 heteroatoms. The number of aryl methyl sites for hydroxylation is 1. The Morgan fingerprint density at radius 3 is 2.63 bits per heavy atom. The van der Waals surface area contributed by atoms with Crippen LogP contribution in [-0.2, 0) is 17.5 Å². The zero-order valence-corrected chi connectivity index (χ0v) is 13.8. The van der Waals surface area contributed by atoms with E-state index in [1.165, 1.54) is 4.68 Å². The molecular weight excluding hydrogens is 366 g/mol. The van der Waals surface area contributed by atoms with E-state index in [-0.39, 0.29) is 24.1 Å². The van der Waals surface area contributed by atoms with Crippen molar-refractivity contribution in [3.05, 3.63) is 70.3 Å². The molecule has 0 bridgehead atoms. The fourth-order valence-electron chi connectivity index (χ4n) is 2.59. The maximum Gasteiger partial charge on any atom is 0.419 e. The molecule has 1 heterocycles. The number of para-hydroxylation sites is 1. The van der Waals surface area contributed by atoms with Gasteiger partial charge in [-0.2, -0.15) is 18.3 Å². The smallest absolute Gasteiger partial charge is 0.326 e. The Kier molecular flexibility index (Phi) is 4.93. The highest BCUT2D eigenvalue weighted by Gasteiger charge is 2.34. The lowest BCUT2D eigenvalue weighted by molar-refractivity contribution is -0.140. The van der Waals surface area contributed by atoms with E-state index in [0.29, 0.717) is 23.0 Å². The quantitative estimate of drug-likeness (QED) is 0.705. The summed E-state index contributed by atoms with van der Waals surface area (Å²) < 4.78 is 52.9. The van der Waals surface area contributed by atoms with Gasteiger partial charge in [0.05, 0.1) is 23.8 Å². The molecule has 0 aliphatic heterocycles. The van der Waals surface area contributed by atoms with Gasteiger partial charge in [0, 0.05) is 17.5 Å². The molecule has 1 aromatic heterocycles. The number of nitrogens with one attached hydrogen (secondary N) is 1. The van der Waals surface area contributed by atoms with Crippen molar-refractivity contribution in [2.75, 3.05) is 5.32 Å². The van der Waals surface area contributed by atoms with Gasteiger partial charge in [-0.25, -0.2) is 4.39 Å². The third-order valence-corrected chi connectivity index (χ3v) is 3.87. The number of rotatable bonds is 4. The molecule has 0 spiro atoms. The highest BCUT2D eigenvalue weighted by molar-refractivity contribution is 5.90. The topological polar surface area (TPSA) is 64.0 Å². The molecule has 1 N–H and O–H groups in total. The number of amides is 1. The van der Waals surface area contributed by atoms with Gasteiger partial charge in [-0.05, 0) is 30.3 Å². The average molecular weight is 379 g/mol. The largest absolute Gasteiger partial charge is 0.419 e. The van der Waals surface area contributed by atoms with Gasteiger partial charge in [0.2, 0.25) is 11.3 Å². The molecule has 0 radical (unpaired) electrons. The summed E-state index contributed by atoms with van der Waals surface area (Å²) in [5, 5.41) is 6.72. The van der Waals surface area contributed by atoms with Crippen LogP contribution in [0.2, 0.25) is 0 Å². The molecule has 0 saturated heterocycles. The van der Waals surface area contributed by atoms with E-state index in [2.05, 4.69) is 10.4 Å². The van der Waals surface area contributed by atoms with Crippen molar-refractivity contribution >= 4 is 22.5 Å². The summed E-state index contributed by atoms with van der Waals surface area (Å²) in [6.45, 7) is 0.111. The van der Waals surface area contributed by atoms with Crippen LogP contribution in [0.3, 0.4) is 0 Å². The second-order valence-corrected chi connectivity index (χ2v) is 5.74. The van der Waals surface area contributed by atoms with E-state index in [1.807, 2.05) is 0 Å².